The molecular formula is C22H27N5O3. The SMILES string of the molecule is CC(=O)C(C)N1C(=O)C2C(N=C3N(c4cc(C)cc(C)c4)C(C)=C(C)N32)N(C)C1=O. The number of hydrogen-bond acceptors (Lipinski definition) is 6. The van der Waals surface area contributed by atoms with E-state index in [9.17, 15) is 14.4 Å². The zero-order chi connectivity index (χ0) is 22.1. The van der Waals surface area contributed by atoms with Gasteiger partial charge in [-0.3, -0.25) is 24.3 Å². The molecule has 1 aromatic carbocycles. The number of carbonyl (C=O) groups excluding carboxylic acids is 3. The summed E-state index contributed by atoms with van der Waals surface area (Å²) in [5, 5.41) is 0. The molecule has 0 spiro atoms. The van der Waals surface area contributed by atoms with Crippen molar-refractivity contribution in [2.24, 2.45) is 4.99 Å². The number of fused-ring (bicyclic) bond motifs is 3. The molecule has 8 heteroatoms. The molecule has 3 unspecified atom stereocenters. The van der Waals surface area contributed by atoms with E-state index < -0.39 is 24.3 Å². The van der Waals surface area contributed by atoms with Gasteiger partial charge in [-0.15, -0.1) is 0 Å². The van der Waals surface area contributed by atoms with E-state index in [1.54, 1.807) is 14.0 Å². The van der Waals surface area contributed by atoms with Gasteiger partial charge in [0.25, 0.3) is 5.91 Å². The molecule has 1 aromatic rings. The van der Waals surface area contributed by atoms with Gasteiger partial charge in [-0.25, -0.2) is 9.79 Å². The van der Waals surface area contributed by atoms with E-state index in [4.69, 9.17) is 4.99 Å². The highest BCUT2D eigenvalue weighted by atomic mass is 16.2. The molecule has 8 nitrogen and oxygen atoms in total. The fourth-order valence-corrected chi connectivity index (χ4v) is 4.50. The third kappa shape index (κ3) is 2.66. The number of urea groups is 1. The molecule has 0 aliphatic carbocycles. The van der Waals surface area contributed by atoms with Crippen molar-refractivity contribution in [2.45, 2.75) is 59.8 Å². The van der Waals surface area contributed by atoms with Crippen LogP contribution in [-0.4, -0.2) is 63.7 Å². The average molecular weight is 409 g/mol. The quantitative estimate of drug-likeness (QED) is 0.767. The van der Waals surface area contributed by atoms with Crippen molar-refractivity contribution in [3.63, 3.8) is 0 Å². The third-order valence-electron chi connectivity index (χ3n) is 6.28. The first-order valence-corrected chi connectivity index (χ1v) is 10.1. The second kappa shape index (κ2) is 6.68. The molecule has 3 aliphatic rings. The average Bonchev–Trinajstić information content (AvgIpc) is 3.15. The van der Waals surface area contributed by atoms with Crippen LogP contribution >= 0.6 is 0 Å². The van der Waals surface area contributed by atoms with Crippen LogP contribution in [0.15, 0.2) is 34.6 Å². The number of benzene rings is 1. The minimum atomic E-state index is -0.819. The third-order valence-corrected chi connectivity index (χ3v) is 6.28. The predicted octanol–water partition coefficient (Wildman–Crippen LogP) is 2.61. The summed E-state index contributed by atoms with van der Waals surface area (Å²) in [6.07, 6.45) is -0.633. The number of guanidine groups is 1. The van der Waals surface area contributed by atoms with Gasteiger partial charge in [-0.1, -0.05) is 6.07 Å². The van der Waals surface area contributed by atoms with Crippen molar-refractivity contribution >= 4 is 29.4 Å². The number of Topliss-reactive ketones (excluding diaryl/α,β-unsaturated/α-hetero) is 1. The van der Waals surface area contributed by atoms with Crippen molar-refractivity contribution < 1.29 is 14.4 Å². The van der Waals surface area contributed by atoms with E-state index in [1.165, 1.54) is 11.8 Å². The minimum Gasteiger partial charge on any atom is -0.302 e. The van der Waals surface area contributed by atoms with Gasteiger partial charge in [0.15, 0.2) is 18.0 Å². The Labute approximate surface area is 176 Å². The lowest BCUT2D eigenvalue weighted by Gasteiger charge is -2.42. The highest BCUT2D eigenvalue weighted by molar-refractivity contribution is 6.11. The zero-order valence-electron chi connectivity index (χ0n) is 18.4. The summed E-state index contributed by atoms with van der Waals surface area (Å²) in [4.78, 5) is 49.6. The molecule has 1 saturated heterocycles. The molecule has 3 aliphatic heterocycles. The number of ketones is 1. The highest BCUT2D eigenvalue weighted by Gasteiger charge is 2.57. The number of carbonyl (C=O) groups is 3. The van der Waals surface area contributed by atoms with Gasteiger partial charge in [0.2, 0.25) is 5.96 Å². The molecule has 3 amide bonds. The van der Waals surface area contributed by atoms with Gasteiger partial charge >= 0.3 is 6.03 Å². The van der Waals surface area contributed by atoms with Crippen LogP contribution in [0.2, 0.25) is 0 Å². The number of nitrogens with zero attached hydrogens (tertiary/aromatic N) is 5. The molecular weight excluding hydrogens is 382 g/mol. The lowest BCUT2D eigenvalue weighted by Crippen LogP contribution is -2.67. The number of allylic oxidation sites excluding steroid dienone is 2. The number of aliphatic imine (C=N–C) groups is 1. The van der Waals surface area contributed by atoms with Gasteiger partial charge < -0.3 is 4.90 Å². The summed E-state index contributed by atoms with van der Waals surface area (Å²) in [7, 11) is 1.63. The second-order valence-corrected chi connectivity index (χ2v) is 8.40. The molecule has 30 heavy (non-hydrogen) atoms. The molecule has 3 atom stereocenters. The van der Waals surface area contributed by atoms with Gasteiger partial charge in [0, 0.05) is 24.1 Å². The fraction of sp³-hybridized carbons (Fsp3) is 0.455. The number of hydrogen-bond donors (Lipinski definition) is 0. The lowest BCUT2D eigenvalue weighted by molar-refractivity contribution is -0.142. The van der Waals surface area contributed by atoms with Crippen molar-refractivity contribution in [1.82, 2.24) is 14.7 Å². The standard InChI is InChI=1S/C22H27N5O3/c1-11-8-12(2)10-17(9-11)25-13(3)14(4)26-18-19(23-21(25)26)24(7)22(30)27(20(18)29)15(5)16(6)28/h8-10,15,18-19H,1-7H3. The number of likely N-dealkylation sites (N-methyl/N-ethyl adjacent to an activating group) is 1. The Bertz CT molecular complexity index is 1020. The molecule has 4 rings (SSSR count). The molecule has 0 N–H and O–H groups in total. The van der Waals surface area contributed by atoms with Crippen LogP contribution in [0.5, 0.6) is 0 Å². The zero-order valence-corrected chi connectivity index (χ0v) is 18.4. The minimum absolute atomic E-state index is 0.232. The smallest absolute Gasteiger partial charge is 0.302 e. The number of amides is 3. The maximum atomic E-state index is 13.4. The van der Waals surface area contributed by atoms with E-state index in [0.717, 1.165) is 33.1 Å². The van der Waals surface area contributed by atoms with Crippen LogP contribution < -0.4 is 4.90 Å². The van der Waals surface area contributed by atoms with Crippen LogP contribution in [0.1, 0.15) is 38.8 Å². The molecule has 0 aromatic heterocycles. The monoisotopic (exact) mass is 409 g/mol. The Morgan fingerprint density at radius 2 is 1.63 bits per heavy atom. The maximum absolute atomic E-state index is 13.4. The van der Waals surface area contributed by atoms with Gasteiger partial charge in [-0.2, -0.15) is 0 Å². The Morgan fingerprint density at radius 3 is 2.20 bits per heavy atom. The summed E-state index contributed by atoms with van der Waals surface area (Å²) < 4.78 is 0. The number of aryl methyl sites for hydroxylation is 2. The van der Waals surface area contributed by atoms with Gasteiger partial charge in [0.05, 0.1) is 6.04 Å². The first-order valence-electron chi connectivity index (χ1n) is 10.1. The summed E-state index contributed by atoms with van der Waals surface area (Å²) in [5.74, 6) is 0.0127. The first-order chi connectivity index (χ1) is 14.0. The Balaban J connectivity index is 1.80. The largest absolute Gasteiger partial charge is 0.328 e. The van der Waals surface area contributed by atoms with E-state index >= 15 is 0 Å². The molecule has 3 heterocycles. The molecule has 0 bridgehead atoms. The summed E-state index contributed by atoms with van der Waals surface area (Å²) in [5.41, 5.74) is 5.13. The van der Waals surface area contributed by atoms with Crippen molar-refractivity contribution in [3.05, 3.63) is 40.7 Å². The Morgan fingerprint density at radius 1 is 1.03 bits per heavy atom. The van der Waals surface area contributed by atoms with Crippen molar-refractivity contribution in [1.29, 1.82) is 0 Å². The topological polar surface area (TPSA) is 76.5 Å². The van der Waals surface area contributed by atoms with Crippen LogP contribution in [0, 0.1) is 13.8 Å². The van der Waals surface area contributed by atoms with E-state index in [2.05, 4.69) is 18.2 Å². The Kier molecular flexibility index (Phi) is 4.48. The van der Waals surface area contributed by atoms with Crippen molar-refractivity contribution in [3.8, 4) is 0 Å². The lowest BCUT2D eigenvalue weighted by atomic mass is 10.1. The number of rotatable bonds is 3. The van der Waals surface area contributed by atoms with E-state index in [-0.39, 0.29) is 11.7 Å². The second-order valence-electron chi connectivity index (χ2n) is 8.40. The molecule has 158 valence electrons. The van der Waals surface area contributed by atoms with Crippen molar-refractivity contribution in [2.75, 3.05) is 11.9 Å². The highest BCUT2D eigenvalue weighted by Crippen LogP contribution is 2.40. The first kappa shape index (κ1) is 20.1. The van der Waals surface area contributed by atoms with E-state index in [0.29, 0.717) is 5.96 Å². The molecule has 1 fully saturated rings. The van der Waals surface area contributed by atoms with E-state index in [1.807, 2.05) is 37.5 Å². The normalized spacial score (nSPS) is 24.4. The molecule has 0 radical (unpaired) electrons. The number of anilines is 1. The summed E-state index contributed by atoms with van der Waals surface area (Å²) in [6.45, 7) is 11.0. The fourth-order valence-electron chi connectivity index (χ4n) is 4.50. The van der Waals surface area contributed by atoms with Crippen LogP contribution in [0.3, 0.4) is 0 Å². The maximum Gasteiger partial charge on any atom is 0.328 e. The van der Waals surface area contributed by atoms with Gasteiger partial charge in [-0.05, 0) is 64.8 Å². The van der Waals surface area contributed by atoms with Crippen LogP contribution in [-0.2, 0) is 9.59 Å². The predicted molar refractivity (Wildman–Crippen MR) is 114 cm³/mol. The molecule has 0 saturated carbocycles. The number of imide groups is 1. The van der Waals surface area contributed by atoms with Crippen LogP contribution in [0.4, 0.5) is 10.5 Å². The summed E-state index contributed by atoms with van der Waals surface area (Å²) in [6, 6.07) is 4.27. The Hall–Kier alpha value is -3.16. The van der Waals surface area contributed by atoms with Crippen LogP contribution in [0.25, 0.3) is 0 Å². The van der Waals surface area contributed by atoms with Gasteiger partial charge in [0.1, 0.15) is 0 Å². The summed E-state index contributed by atoms with van der Waals surface area (Å²) >= 11 is 0.